The molecule has 4 heteroatoms. The first-order chi connectivity index (χ1) is 4.81. The van der Waals surface area contributed by atoms with E-state index in [1.54, 1.807) is 11.5 Å². The van der Waals surface area contributed by atoms with E-state index in [0.717, 1.165) is 0 Å². The first-order valence-electron chi connectivity index (χ1n) is 2.70. The Labute approximate surface area is 59.0 Å². The van der Waals surface area contributed by atoms with Crippen LogP contribution in [0.1, 0.15) is 5.56 Å². The third-order valence-corrected chi connectivity index (χ3v) is 0.809. The summed E-state index contributed by atoms with van der Waals surface area (Å²) in [7, 11) is 0. The van der Waals surface area contributed by atoms with Crippen LogP contribution in [0.15, 0.2) is 29.8 Å². The standard InChI is InChI=1S/C6H7N.H2N2O/c1-6-3-2-4-7-5-6;1-2-3/h2-5H,1H3;(H2,1,3). The molecule has 0 unspecified atom stereocenters. The van der Waals surface area contributed by atoms with Gasteiger partial charge in [0.2, 0.25) is 0 Å². The Balaban J connectivity index is 0.000000236. The first kappa shape index (κ1) is 8.55. The number of nitroso groups, excluding NO2 is 1. The van der Waals surface area contributed by atoms with Crippen molar-refractivity contribution < 1.29 is 0 Å². The lowest BCUT2D eigenvalue weighted by molar-refractivity contribution is 1.23. The molecule has 1 aromatic heterocycles. The van der Waals surface area contributed by atoms with Gasteiger partial charge in [-0.2, -0.15) is 0 Å². The molecule has 1 rings (SSSR count). The molecule has 0 spiro atoms. The molecule has 54 valence electrons. The van der Waals surface area contributed by atoms with Crippen LogP contribution < -0.4 is 5.84 Å². The van der Waals surface area contributed by atoms with Crippen molar-refractivity contribution in [3.05, 3.63) is 35.0 Å². The molecule has 0 fully saturated rings. The molecular weight excluding hydrogens is 130 g/mol. The number of rotatable bonds is 0. The summed E-state index contributed by atoms with van der Waals surface area (Å²) in [6, 6.07) is 3.95. The lowest BCUT2D eigenvalue weighted by atomic mass is 10.3. The molecule has 10 heavy (non-hydrogen) atoms. The number of nitrogens with two attached hydrogens (primary N) is 1. The molecule has 0 bridgehead atoms. The number of aryl methyl sites for hydroxylation is 1. The SMILES string of the molecule is Cc1cccnc1.NN=O. The Hall–Kier alpha value is -1.45. The molecule has 1 heterocycles. The fourth-order valence-electron chi connectivity index (χ4n) is 0.448. The maximum absolute atomic E-state index is 8.33. The normalized spacial score (nSPS) is 7.30. The molecule has 1 aromatic rings. The van der Waals surface area contributed by atoms with Crippen molar-refractivity contribution in [2.24, 2.45) is 11.1 Å². The predicted molar refractivity (Wildman–Crippen MR) is 39.0 cm³/mol. The van der Waals surface area contributed by atoms with E-state index < -0.39 is 0 Å². The van der Waals surface area contributed by atoms with Crippen molar-refractivity contribution >= 4 is 0 Å². The number of hydrogen-bond acceptors (Lipinski definition) is 3. The minimum absolute atomic E-state index is 1.21. The molecule has 4 nitrogen and oxygen atoms in total. The molecule has 0 atom stereocenters. The van der Waals surface area contributed by atoms with Crippen LogP contribution in [-0.4, -0.2) is 4.98 Å². The second kappa shape index (κ2) is 5.68. The maximum atomic E-state index is 8.33. The van der Waals surface area contributed by atoms with Crippen LogP contribution in [0.2, 0.25) is 0 Å². The van der Waals surface area contributed by atoms with E-state index >= 15 is 0 Å². The Kier molecular flexibility index (Phi) is 4.86. The van der Waals surface area contributed by atoms with Crippen molar-refractivity contribution in [1.29, 1.82) is 0 Å². The summed E-state index contributed by atoms with van der Waals surface area (Å²) in [6.07, 6.45) is 3.60. The Morgan fingerprint density at radius 3 is 2.50 bits per heavy atom. The minimum atomic E-state index is 1.21. The van der Waals surface area contributed by atoms with Crippen LogP contribution in [0.25, 0.3) is 0 Å². The number of nitrogens with zero attached hydrogens (tertiary/aromatic N) is 2. The van der Waals surface area contributed by atoms with E-state index in [1.165, 1.54) is 5.56 Å². The van der Waals surface area contributed by atoms with Crippen molar-refractivity contribution in [2.45, 2.75) is 6.92 Å². The highest BCUT2D eigenvalue weighted by atomic mass is 16.3. The fraction of sp³-hybridized carbons (Fsp3) is 0.167. The zero-order valence-electron chi connectivity index (χ0n) is 5.69. The van der Waals surface area contributed by atoms with Gasteiger partial charge in [0, 0.05) is 17.7 Å². The highest BCUT2D eigenvalue weighted by molar-refractivity contribution is 5.04. The first-order valence-corrected chi connectivity index (χ1v) is 2.70. The van der Waals surface area contributed by atoms with Gasteiger partial charge in [-0.25, -0.2) is 0 Å². The van der Waals surface area contributed by atoms with Gasteiger partial charge in [-0.15, -0.1) is 4.91 Å². The molecule has 0 amide bonds. The molecule has 0 saturated heterocycles. The van der Waals surface area contributed by atoms with Gasteiger partial charge in [0.1, 0.15) is 0 Å². The zero-order valence-corrected chi connectivity index (χ0v) is 5.69. The van der Waals surface area contributed by atoms with Crippen LogP contribution in [0, 0.1) is 11.8 Å². The quantitative estimate of drug-likeness (QED) is 0.331. The van der Waals surface area contributed by atoms with Gasteiger partial charge >= 0.3 is 0 Å². The fourth-order valence-corrected chi connectivity index (χ4v) is 0.448. The lowest BCUT2D eigenvalue weighted by Gasteiger charge is -1.82. The van der Waals surface area contributed by atoms with E-state index in [4.69, 9.17) is 4.91 Å². The van der Waals surface area contributed by atoms with Gasteiger partial charge in [0.15, 0.2) is 0 Å². The van der Waals surface area contributed by atoms with Gasteiger partial charge in [-0.3, -0.25) is 10.8 Å². The van der Waals surface area contributed by atoms with Gasteiger partial charge in [-0.1, -0.05) is 6.07 Å². The van der Waals surface area contributed by atoms with Crippen LogP contribution in [0.4, 0.5) is 0 Å². The second-order valence-electron chi connectivity index (χ2n) is 1.64. The summed E-state index contributed by atoms with van der Waals surface area (Å²) >= 11 is 0. The van der Waals surface area contributed by atoms with E-state index in [0.29, 0.717) is 0 Å². The van der Waals surface area contributed by atoms with E-state index in [2.05, 4.69) is 10.8 Å². The number of aromatic nitrogens is 1. The summed E-state index contributed by atoms with van der Waals surface area (Å²) in [4.78, 5) is 12.2. The van der Waals surface area contributed by atoms with Crippen LogP contribution in [0.3, 0.4) is 0 Å². The van der Waals surface area contributed by atoms with Gasteiger partial charge in [0.05, 0.1) is 0 Å². The van der Waals surface area contributed by atoms with Crippen molar-refractivity contribution in [3.63, 3.8) is 0 Å². The average Bonchev–Trinajstić information content (AvgIpc) is 1.91. The summed E-state index contributed by atoms with van der Waals surface area (Å²) in [5.41, 5.74) is 1.21. The third kappa shape index (κ3) is 4.70. The Bertz CT molecular complexity index is 176. The Morgan fingerprint density at radius 1 is 1.70 bits per heavy atom. The van der Waals surface area contributed by atoms with Gasteiger partial charge in [0.25, 0.3) is 0 Å². The summed E-state index contributed by atoms with van der Waals surface area (Å²) in [5, 5.41) is 1.75. The molecule has 0 aliphatic rings. The van der Waals surface area contributed by atoms with Gasteiger partial charge < -0.3 is 0 Å². The smallest absolute Gasteiger partial charge is 0.0468 e. The monoisotopic (exact) mass is 139 g/mol. The topological polar surface area (TPSA) is 68.3 Å². The summed E-state index contributed by atoms with van der Waals surface area (Å²) in [5.74, 6) is 3.92. The van der Waals surface area contributed by atoms with E-state index in [9.17, 15) is 0 Å². The minimum Gasteiger partial charge on any atom is -0.287 e. The van der Waals surface area contributed by atoms with Crippen LogP contribution in [-0.2, 0) is 0 Å². The molecule has 0 aromatic carbocycles. The average molecular weight is 139 g/mol. The molecule has 2 N–H and O–H groups in total. The van der Waals surface area contributed by atoms with E-state index in [1.807, 2.05) is 25.3 Å². The van der Waals surface area contributed by atoms with E-state index in [-0.39, 0.29) is 0 Å². The highest BCUT2D eigenvalue weighted by Crippen LogP contribution is 1.88. The largest absolute Gasteiger partial charge is 0.287 e. The lowest BCUT2D eigenvalue weighted by Crippen LogP contribution is -1.69. The molecule has 0 aliphatic heterocycles. The molecule has 0 saturated carbocycles. The number of pyridine rings is 1. The van der Waals surface area contributed by atoms with Crippen molar-refractivity contribution in [1.82, 2.24) is 4.98 Å². The summed E-state index contributed by atoms with van der Waals surface area (Å²) in [6.45, 7) is 2.02. The Morgan fingerprint density at radius 2 is 2.30 bits per heavy atom. The van der Waals surface area contributed by atoms with Crippen LogP contribution >= 0.6 is 0 Å². The molecular formula is C6H9N3O. The summed E-state index contributed by atoms with van der Waals surface area (Å²) < 4.78 is 0. The van der Waals surface area contributed by atoms with Crippen molar-refractivity contribution in [2.75, 3.05) is 0 Å². The molecule has 0 aliphatic carbocycles. The van der Waals surface area contributed by atoms with Crippen molar-refractivity contribution in [3.8, 4) is 0 Å². The maximum Gasteiger partial charge on any atom is 0.0468 e. The number of hydrogen-bond donors (Lipinski definition) is 1. The van der Waals surface area contributed by atoms with Gasteiger partial charge in [-0.05, 0) is 18.6 Å². The predicted octanol–water partition coefficient (Wildman–Crippen LogP) is 1.02. The third-order valence-electron chi connectivity index (χ3n) is 0.809. The van der Waals surface area contributed by atoms with Crippen LogP contribution in [0.5, 0.6) is 0 Å². The highest BCUT2D eigenvalue weighted by Gasteiger charge is 1.73. The second-order valence-corrected chi connectivity index (χ2v) is 1.64. The zero-order chi connectivity index (χ0) is 7.82. The molecule has 0 radical (unpaired) electrons.